The topological polar surface area (TPSA) is 110 Å². The second-order valence-corrected chi connectivity index (χ2v) is 10.5. The average molecular weight is 561 g/mol. The minimum absolute atomic E-state index is 0.00139. The van der Waals surface area contributed by atoms with Crippen LogP contribution < -0.4 is 10.6 Å². The highest BCUT2D eigenvalue weighted by Gasteiger charge is 2.60. The van der Waals surface area contributed by atoms with Gasteiger partial charge < -0.3 is 19.7 Å². The number of ether oxygens (including phenoxy) is 2. The number of nitrogens with zero attached hydrogens (tertiary/aromatic N) is 2. The molecule has 0 bridgehead atoms. The molecule has 3 amide bonds. The first-order chi connectivity index (χ1) is 18.2. The number of aromatic nitrogens is 1. The van der Waals surface area contributed by atoms with E-state index in [1.165, 1.54) is 35.9 Å². The van der Waals surface area contributed by atoms with E-state index in [1.807, 2.05) is 24.3 Å². The Morgan fingerprint density at radius 3 is 2.71 bits per heavy atom. The third kappa shape index (κ3) is 6.28. The van der Waals surface area contributed by atoms with E-state index >= 15 is 0 Å². The van der Waals surface area contributed by atoms with Crippen LogP contribution in [0, 0.1) is 5.82 Å². The van der Waals surface area contributed by atoms with Crippen LogP contribution >= 0.6 is 23.4 Å². The summed E-state index contributed by atoms with van der Waals surface area (Å²) in [5.41, 5.74) is 0.430. The molecule has 38 heavy (non-hydrogen) atoms. The van der Waals surface area contributed by atoms with Gasteiger partial charge in [0.2, 0.25) is 0 Å². The predicted octanol–water partition coefficient (Wildman–Crippen LogP) is 5.18. The molecule has 9 nitrogen and oxygen atoms in total. The Bertz CT molecular complexity index is 1360. The molecule has 2 atom stereocenters. The molecule has 0 aliphatic carbocycles. The monoisotopic (exact) mass is 560 g/mol. The van der Waals surface area contributed by atoms with Crippen molar-refractivity contribution in [3.8, 4) is 0 Å². The number of urea groups is 1. The van der Waals surface area contributed by atoms with Crippen molar-refractivity contribution in [2.24, 2.45) is 0 Å². The molecule has 2 heterocycles. The number of benzene rings is 2. The molecule has 200 valence electrons. The highest BCUT2D eigenvalue weighted by Crippen LogP contribution is 2.58. The molecule has 4 rings (SSSR count). The molecular weight excluding hydrogens is 535 g/mol. The third-order valence-electron chi connectivity index (χ3n) is 6.27. The van der Waals surface area contributed by atoms with E-state index in [0.29, 0.717) is 11.4 Å². The van der Waals surface area contributed by atoms with Crippen LogP contribution in [0.1, 0.15) is 18.4 Å². The molecule has 1 aromatic heterocycles. The van der Waals surface area contributed by atoms with Crippen LogP contribution in [0.5, 0.6) is 0 Å². The van der Waals surface area contributed by atoms with E-state index < -0.39 is 28.8 Å². The standard InChI is InChI=1S/C26H26ClFN4O5S/c1-32(24(34)30-14-18-8-5-9-19(28)23(18)27)26(11-10-22(33)36-2)20(38-26)15-37-25(35)31-21-12-16-6-3-4-7-17(16)13-29-21/h3-9,12-13,20H,10-11,14-15H2,1-2H3,(H,30,34)(H,29,31,35)/t20-,26+/m1/s1. The Kier molecular flexibility index (Phi) is 8.58. The number of hydrogen-bond acceptors (Lipinski definition) is 7. The fourth-order valence-electron chi connectivity index (χ4n) is 4.03. The van der Waals surface area contributed by atoms with Crippen molar-refractivity contribution in [1.29, 1.82) is 0 Å². The Balaban J connectivity index is 1.36. The van der Waals surface area contributed by atoms with Crippen LogP contribution in [0.2, 0.25) is 5.02 Å². The number of nitrogens with one attached hydrogen (secondary N) is 2. The smallest absolute Gasteiger partial charge is 0.412 e. The average Bonchev–Trinajstić information content (AvgIpc) is 3.64. The molecule has 3 aromatic rings. The molecule has 0 radical (unpaired) electrons. The number of esters is 1. The van der Waals surface area contributed by atoms with Gasteiger partial charge in [-0.25, -0.2) is 19.0 Å². The number of methoxy groups -OCH3 is 1. The molecule has 0 spiro atoms. The second-order valence-electron chi connectivity index (χ2n) is 8.60. The lowest BCUT2D eigenvalue weighted by Gasteiger charge is -2.28. The van der Waals surface area contributed by atoms with E-state index in [2.05, 4.69) is 15.6 Å². The Morgan fingerprint density at radius 2 is 1.95 bits per heavy atom. The number of anilines is 1. The Morgan fingerprint density at radius 1 is 1.18 bits per heavy atom. The molecule has 2 N–H and O–H groups in total. The number of amides is 3. The first-order valence-electron chi connectivity index (χ1n) is 11.7. The number of hydrogen-bond donors (Lipinski definition) is 2. The number of fused-ring (bicyclic) bond motifs is 1. The summed E-state index contributed by atoms with van der Waals surface area (Å²) in [6.07, 6.45) is 1.33. The predicted molar refractivity (Wildman–Crippen MR) is 143 cm³/mol. The Hall–Kier alpha value is -3.57. The molecule has 1 aliphatic heterocycles. The first kappa shape index (κ1) is 27.5. The minimum atomic E-state index is -0.800. The van der Waals surface area contributed by atoms with E-state index in [4.69, 9.17) is 21.1 Å². The largest absolute Gasteiger partial charge is 0.469 e. The van der Waals surface area contributed by atoms with Gasteiger partial charge in [-0.05, 0) is 29.5 Å². The summed E-state index contributed by atoms with van der Waals surface area (Å²) in [4.78, 5) is 42.1. The number of carbonyl (C=O) groups excluding carboxylic acids is 3. The molecule has 2 aromatic carbocycles. The summed E-state index contributed by atoms with van der Waals surface area (Å²) in [5.74, 6) is -0.646. The quantitative estimate of drug-likeness (QED) is 0.274. The maximum absolute atomic E-state index is 13.7. The SMILES string of the molecule is COC(=O)CC[C@]1(N(C)C(=O)NCc2cccc(F)c2Cl)S[C@@H]1COC(=O)Nc1cc2ccccc2cn1. The number of thioether (sulfide) groups is 1. The number of rotatable bonds is 9. The third-order valence-corrected chi connectivity index (χ3v) is 8.42. The minimum Gasteiger partial charge on any atom is -0.469 e. The highest BCUT2D eigenvalue weighted by atomic mass is 35.5. The number of halogens is 2. The zero-order chi connectivity index (χ0) is 27.3. The number of pyridine rings is 1. The highest BCUT2D eigenvalue weighted by molar-refractivity contribution is 8.08. The molecule has 1 aliphatic rings. The molecule has 0 saturated carbocycles. The number of carbonyl (C=O) groups is 3. The van der Waals surface area contributed by atoms with Gasteiger partial charge in [0.05, 0.1) is 17.4 Å². The summed E-state index contributed by atoms with van der Waals surface area (Å²) < 4.78 is 23.9. The van der Waals surface area contributed by atoms with Gasteiger partial charge in [0.25, 0.3) is 0 Å². The normalized spacial score (nSPS) is 17.9. The lowest BCUT2D eigenvalue weighted by molar-refractivity contribution is -0.141. The maximum atomic E-state index is 13.7. The van der Waals surface area contributed by atoms with Gasteiger partial charge in [0.1, 0.15) is 23.1 Å². The molecular formula is C26H26ClFN4O5S. The first-order valence-corrected chi connectivity index (χ1v) is 13.0. The summed E-state index contributed by atoms with van der Waals surface area (Å²) in [6, 6.07) is 13.3. The fourth-order valence-corrected chi connectivity index (χ4v) is 5.59. The molecule has 12 heteroatoms. The van der Waals surface area contributed by atoms with Crippen LogP contribution in [0.4, 0.5) is 19.8 Å². The fraction of sp³-hybridized carbons (Fsp3) is 0.308. The van der Waals surface area contributed by atoms with Crippen LogP contribution in [0.3, 0.4) is 0 Å². The maximum Gasteiger partial charge on any atom is 0.412 e. The van der Waals surface area contributed by atoms with Gasteiger partial charge in [-0.2, -0.15) is 0 Å². The van der Waals surface area contributed by atoms with Gasteiger partial charge in [0.15, 0.2) is 0 Å². The van der Waals surface area contributed by atoms with Crippen LogP contribution in [-0.4, -0.2) is 58.9 Å². The van der Waals surface area contributed by atoms with Crippen LogP contribution in [-0.2, 0) is 20.8 Å². The van der Waals surface area contributed by atoms with Gasteiger partial charge in [-0.1, -0.05) is 48.0 Å². The van der Waals surface area contributed by atoms with E-state index in [9.17, 15) is 18.8 Å². The zero-order valence-corrected chi connectivity index (χ0v) is 22.3. The summed E-state index contributed by atoms with van der Waals surface area (Å²) in [6.45, 7) is 0.0123. The van der Waals surface area contributed by atoms with Crippen molar-refractivity contribution in [2.75, 3.05) is 26.1 Å². The summed E-state index contributed by atoms with van der Waals surface area (Å²) >= 11 is 7.39. The lowest BCUT2D eigenvalue weighted by atomic mass is 10.1. The van der Waals surface area contributed by atoms with Crippen molar-refractivity contribution >= 4 is 58.0 Å². The van der Waals surface area contributed by atoms with Crippen molar-refractivity contribution in [2.45, 2.75) is 29.5 Å². The summed E-state index contributed by atoms with van der Waals surface area (Å²) in [5, 5.41) is 6.86. The van der Waals surface area contributed by atoms with Crippen molar-refractivity contribution in [3.05, 3.63) is 71.1 Å². The van der Waals surface area contributed by atoms with Crippen LogP contribution in [0.25, 0.3) is 10.8 Å². The molecule has 1 saturated heterocycles. The lowest BCUT2D eigenvalue weighted by Crippen LogP contribution is -2.47. The van der Waals surface area contributed by atoms with Crippen molar-refractivity contribution in [3.63, 3.8) is 0 Å². The van der Waals surface area contributed by atoms with Crippen molar-refractivity contribution in [1.82, 2.24) is 15.2 Å². The molecule has 0 unspecified atom stereocenters. The molecule has 1 fully saturated rings. The second kappa shape index (κ2) is 11.9. The van der Waals surface area contributed by atoms with Crippen LogP contribution in [0.15, 0.2) is 54.7 Å². The van der Waals surface area contributed by atoms with Crippen molar-refractivity contribution < 1.29 is 28.2 Å². The van der Waals surface area contributed by atoms with E-state index in [-0.39, 0.29) is 36.3 Å². The van der Waals surface area contributed by atoms with Gasteiger partial charge in [0, 0.05) is 31.6 Å². The van der Waals surface area contributed by atoms with Gasteiger partial charge in [-0.3, -0.25) is 10.1 Å². The van der Waals surface area contributed by atoms with Gasteiger partial charge >= 0.3 is 18.1 Å². The Labute approximate surface area is 228 Å². The summed E-state index contributed by atoms with van der Waals surface area (Å²) in [7, 11) is 2.88. The van der Waals surface area contributed by atoms with Gasteiger partial charge in [-0.15, -0.1) is 11.8 Å². The van der Waals surface area contributed by atoms with E-state index in [1.54, 1.807) is 25.4 Å². The van der Waals surface area contributed by atoms with E-state index in [0.717, 1.165) is 10.8 Å². The zero-order valence-electron chi connectivity index (χ0n) is 20.7.